The summed E-state index contributed by atoms with van der Waals surface area (Å²) >= 11 is 1.64. The van der Waals surface area contributed by atoms with Gasteiger partial charge < -0.3 is 0 Å². The molecule has 0 unspecified atom stereocenters. The van der Waals surface area contributed by atoms with Crippen LogP contribution in [0.1, 0.15) is 13.8 Å². The van der Waals surface area contributed by atoms with Gasteiger partial charge in [-0.05, 0) is 11.7 Å². The predicted octanol–water partition coefficient (Wildman–Crippen LogP) is 1.49. The first-order valence-corrected chi connectivity index (χ1v) is 3.85. The van der Waals surface area contributed by atoms with Crippen LogP contribution in [0, 0.1) is 5.92 Å². The van der Waals surface area contributed by atoms with Gasteiger partial charge in [0.2, 0.25) is 6.29 Å². The average Bonchev–Trinajstić information content (AvgIpc) is 1.66. The van der Waals surface area contributed by atoms with Crippen molar-refractivity contribution in [2.75, 3.05) is 11.5 Å². The molecule has 0 aromatic heterocycles. The van der Waals surface area contributed by atoms with Crippen LogP contribution in [-0.2, 0) is 4.79 Å². The van der Waals surface area contributed by atoms with Crippen LogP contribution >= 0.6 is 11.8 Å². The van der Waals surface area contributed by atoms with E-state index >= 15 is 0 Å². The molecule has 8 heavy (non-hydrogen) atoms. The van der Waals surface area contributed by atoms with E-state index < -0.39 is 0 Å². The molecule has 47 valence electrons. The summed E-state index contributed by atoms with van der Waals surface area (Å²) in [7, 11) is 0. The Labute approximate surface area is 54.8 Å². The zero-order valence-corrected chi connectivity index (χ0v) is 6.12. The second kappa shape index (κ2) is 5.16. The highest BCUT2D eigenvalue weighted by atomic mass is 32.2. The molecule has 0 aromatic carbocycles. The van der Waals surface area contributed by atoms with Gasteiger partial charge in [-0.3, -0.25) is 4.79 Å². The van der Waals surface area contributed by atoms with Crippen LogP contribution in [0.3, 0.4) is 0 Å². The molecule has 0 rings (SSSR count). The van der Waals surface area contributed by atoms with Crippen molar-refractivity contribution >= 4 is 18.0 Å². The Morgan fingerprint density at radius 1 is 1.62 bits per heavy atom. The minimum atomic E-state index is 0.526. The van der Waals surface area contributed by atoms with E-state index in [4.69, 9.17) is 0 Å². The standard InChI is InChI=1S/C6H11OS/c1-6(2)5-8-4-3-7/h6H,4-5H2,1-2H3. The Balaban J connectivity index is 2.81. The highest BCUT2D eigenvalue weighted by Crippen LogP contribution is 2.04. The van der Waals surface area contributed by atoms with Crippen LogP contribution in [0.15, 0.2) is 0 Å². The summed E-state index contributed by atoms with van der Waals surface area (Å²) in [5.41, 5.74) is 0. The van der Waals surface area contributed by atoms with Crippen molar-refractivity contribution in [1.29, 1.82) is 0 Å². The van der Waals surface area contributed by atoms with E-state index in [1.165, 1.54) is 0 Å². The monoisotopic (exact) mass is 131 g/mol. The molecule has 0 spiro atoms. The maximum Gasteiger partial charge on any atom is 0.209 e. The molecule has 0 bridgehead atoms. The van der Waals surface area contributed by atoms with Gasteiger partial charge in [0, 0.05) is 0 Å². The fraction of sp³-hybridized carbons (Fsp3) is 0.833. The summed E-state index contributed by atoms with van der Waals surface area (Å²) in [6.45, 7) is 4.27. The minimum Gasteiger partial charge on any atom is -0.290 e. The van der Waals surface area contributed by atoms with Gasteiger partial charge in [0.05, 0.1) is 5.75 Å². The molecule has 0 aliphatic heterocycles. The van der Waals surface area contributed by atoms with Gasteiger partial charge >= 0.3 is 0 Å². The van der Waals surface area contributed by atoms with E-state index in [0.717, 1.165) is 5.75 Å². The second-order valence-corrected chi connectivity index (χ2v) is 3.08. The van der Waals surface area contributed by atoms with Crippen LogP contribution < -0.4 is 0 Å². The number of thioether (sulfide) groups is 1. The molecule has 2 heteroatoms. The second-order valence-electron chi connectivity index (χ2n) is 2.05. The summed E-state index contributed by atoms with van der Waals surface area (Å²) < 4.78 is 0. The highest BCUT2D eigenvalue weighted by Gasteiger charge is 1.91. The summed E-state index contributed by atoms with van der Waals surface area (Å²) in [5.74, 6) is 2.28. The molecular formula is C6H11OS. The highest BCUT2D eigenvalue weighted by molar-refractivity contribution is 7.99. The third-order valence-corrected chi connectivity index (χ3v) is 1.84. The van der Waals surface area contributed by atoms with Crippen molar-refractivity contribution in [2.24, 2.45) is 5.92 Å². The zero-order chi connectivity index (χ0) is 6.41. The van der Waals surface area contributed by atoms with Gasteiger partial charge in [0.15, 0.2) is 0 Å². The summed E-state index contributed by atoms with van der Waals surface area (Å²) in [6, 6.07) is 0. The Kier molecular flexibility index (Phi) is 5.18. The Morgan fingerprint density at radius 3 is 2.62 bits per heavy atom. The normalized spacial score (nSPS) is 9.88. The van der Waals surface area contributed by atoms with Crippen molar-refractivity contribution < 1.29 is 4.79 Å². The van der Waals surface area contributed by atoms with Gasteiger partial charge in [0.25, 0.3) is 0 Å². The molecule has 0 atom stereocenters. The zero-order valence-electron chi connectivity index (χ0n) is 5.31. The largest absolute Gasteiger partial charge is 0.290 e. The molecule has 0 aromatic rings. The van der Waals surface area contributed by atoms with E-state index in [0.29, 0.717) is 11.7 Å². The molecule has 0 saturated heterocycles. The lowest BCUT2D eigenvalue weighted by Gasteiger charge is -1.98. The fourth-order valence-corrected chi connectivity index (χ4v) is 1.01. The van der Waals surface area contributed by atoms with Gasteiger partial charge in [-0.1, -0.05) is 13.8 Å². The summed E-state index contributed by atoms with van der Waals surface area (Å²) in [4.78, 5) is 9.64. The lowest BCUT2D eigenvalue weighted by molar-refractivity contribution is 0.560. The van der Waals surface area contributed by atoms with Crippen molar-refractivity contribution in [3.63, 3.8) is 0 Å². The first-order valence-electron chi connectivity index (χ1n) is 2.70. The summed E-state index contributed by atoms with van der Waals surface area (Å²) in [5, 5.41) is 0. The number of hydrogen-bond donors (Lipinski definition) is 0. The third kappa shape index (κ3) is 6.02. The van der Waals surface area contributed by atoms with Gasteiger partial charge in [-0.2, -0.15) is 11.8 Å². The maximum absolute atomic E-state index is 9.64. The van der Waals surface area contributed by atoms with E-state index in [2.05, 4.69) is 13.8 Å². The molecule has 0 aliphatic rings. The van der Waals surface area contributed by atoms with Crippen LogP contribution in [-0.4, -0.2) is 17.8 Å². The number of rotatable bonds is 4. The van der Waals surface area contributed by atoms with Crippen LogP contribution in [0.4, 0.5) is 0 Å². The minimum absolute atomic E-state index is 0.526. The van der Waals surface area contributed by atoms with E-state index in [9.17, 15) is 4.79 Å². The smallest absolute Gasteiger partial charge is 0.209 e. The average molecular weight is 131 g/mol. The Hall–Kier alpha value is 0.0200. The van der Waals surface area contributed by atoms with Crippen molar-refractivity contribution in [3.8, 4) is 0 Å². The van der Waals surface area contributed by atoms with E-state index in [-0.39, 0.29) is 0 Å². The number of carbonyl (C=O) groups excluding carboxylic acids is 1. The quantitative estimate of drug-likeness (QED) is 0.538. The van der Waals surface area contributed by atoms with Gasteiger partial charge in [0.1, 0.15) is 0 Å². The van der Waals surface area contributed by atoms with Crippen molar-refractivity contribution in [2.45, 2.75) is 13.8 Å². The molecular weight excluding hydrogens is 120 g/mol. The first-order chi connectivity index (χ1) is 3.77. The lowest BCUT2D eigenvalue weighted by Crippen LogP contribution is -1.91. The number of hydrogen-bond acceptors (Lipinski definition) is 2. The molecule has 1 nitrogen and oxygen atoms in total. The molecule has 0 saturated carbocycles. The molecule has 0 heterocycles. The van der Waals surface area contributed by atoms with E-state index in [1.54, 1.807) is 11.8 Å². The molecule has 0 aliphatic carbocycles. The predicted molar refractivity (Wildman–Crippen MR) is 37.9 cm³/mol. The Bertz CT molecular complexity index is 61.5. The van der Waals surface area contributed by atoms with Gasteiger partial charge in [-0.25, -0.2) is 0 Å². The topological polar surface area (TPSA) is 17.1 Å². The molecule has 0 fully saturated rings. The van der Waals surface area contributed by atoms with Crippen LogP contribution in [0.5, 0.6) is 0 Å². The Morgan fingerprint density at radius 2 is 2.25 bits per heavy atom. The van der Waals surface area contributed by atoms with Crippen LogP contribution in [0.2, 0.25) is 0 Å². The van der Waals surface area contributed by atoms with Crippen molar-refractivity contribution in [3.05, 3.63) is 0 Å². The lowest BCUT2D eigenvalue weighted by atomic mass is 10.3. The SMILES string of the molecule is CC(C)CSC[C]=O. The van der Waals surface area contributed by atoms with E-state index in [1.807, 2.05) is 6.29 Å². The van der Waals surface area contributed by atoms with Gasteiger partial charge in [-0.15, -0.1) is 0 Å². The summed E-state index contributed by atoms with van der Waals surface area (Å²) in [6.07, 6.45) is 1.84. The molecule has 0 amide bonds. The first kappa shape index (κ1) is 8.02. The van der Waals surface area contributed by atoms with Crippen molar-refractivity contribution in [1.82, 2.24) is 0 Å². The fourth-order valence-electron chi connectivity index (χ4n) is 0.336. The maximum atomic E-state index is 9.64. The third-order valence-electron chi connectivity index (χ3n) is 0.612. The molecule has 0 N–H and O–H groups in total. The molecule has 1 radical (unpaired) electrons. The van der Waals surface area contributed by atoms with Crippen LogP contribution in [0.25, 0.3) is 0 Å².